The van der Waals surface area contributed by atoms with E-state index in [1.165, 1.54) is 17.7 Å². The molecule has 5 nitrogen and oxygen atoms in total. The number of carbonyl (C=O) groups excluding carboxylic acids is 2. The summed E-state index contributed by atoms with van der Waals surface area (Å²) in [4.78, 5) is 25.9. The van der Waals surface area contributed by atoms with Crippen molar-refractivity contribution in [3.63, 3.8) is 0 Å². The summed E-state index contributed by atoms with van der Waals surface area (Å²) in [6.45, 7) is 16.6. The van der Waals surface area contributed by atoms with E-state index in [0.29, 0.717) is 17.7 Å². The Morgan fingerprint density at radius 1 is 0.711 bits per heavy atom. The molecule has 202 valence electrons. The fourth-order valence-corrected chi connectivity index (χ4v) is 4.21. The van der Waals surface area contributed by atoms with Crippen molar-refractivity contribution in [2.45, 2.75) is 79.2 Å². The monoisotopic (exact) mass is 514 g/mol. The van der Waals surface area contributed by atoms with Gasteiger partial charge in [0.1, 0.15) is 5.75 Å². The van der Waals surface area contributed by atoms with Crippen molar-refractivity contribution >= 4 is 23.1 Å². The Kier molecular flexibility index (Phi) is 8.40. The Hall–Kier alpha value is -3.60. The summed E-state index contributed by atoms with van der Waals surface area (Å²) in [5.41, 5.74) is 3.87. The number of amides is 1. The smallest absolute Gasteiger partial charge is 0.255 e. The Bertz CT molecular complexity index is 1290. The van der Waals surface area contributed by atoms with Crippen molar-refractivity contribution in [2.75, 3.05) is 10.6 Å². The topological polar surface area (TPSA) is 78.4 Å². The molecule has 0 spiro atoms. The van der Waals surface area contributed by atoms with Crippen LogP contribution in [0.4, 0.5) is 11.4 Å². The third-order valence-corrected chi connectivity index (χ3v) is 7.78. The Morgan fingerprint density at radius 3 is 1.71 bits per heavy atom. The number of nitrogens with one attached hydrogen (secondary N) is 2. The molecule has 3 N–H and O–H groups in total. The molecule has 0 aliphatic heterocycles. The van der Waals surface area contributed by atoms with Gasteiger partial charge in [0.05, 0.1) is 0 Å². The largest absolute Gasteiger partial charge is 0.508 e. The third-order valence-electron chi connectivity index (χ3n) is 7.78. The van der Waals surface area contributed by atoms with Crippen LogP contribution in [-0.2, 0) is 5.41 Å². The number of hydrogen-bond donors (Lipinski definition) is 3. The number of ketones is 1. The zero-order chi connectivity index (χ0) is 28.3. The minimum atomic E-state index is -0.576. The van der Waals surface area contributed by atoms with E-state index in [4.69, 9.17) is 0 Å². The van der Waals surface area contributed by atoms with E-state index in [9.17, 15) is 14.7 Å². The first-order valence-electron chi connectivity index (χ1n) is 13.4. The number of benzene rings is 3. The van der Waals surface area contributed by atoms with Gasteiger partial charge in [0.25, 0.3) is 5.91 Å². The zero-order valence-corrected chi connectivity index (χ0v) is 24.0. The van der Waals surface area contributed by atoms with Gasteiger partial charge in [-0.25, -0.2) is 0 Å². The second-order valence-corrected chi connectivity index (χ2v) is 11.9. The van der Waals surface area contributed by atoms with E-state index < -0.39 is 5.41 Å². The number of carbonyl (C=O) groups is 2. The normalized spacial score (nSPS) is 12.2. The molecule has 1 amide bonds. The van der Waals surface area contributed by atoms with Crippen LogP contribution in [0, 0.1) is 5.41 Å². The van der Waals surface area contributed by atoms with Gasteiger partial charge < -0.3 is 15.7 Å². The van der Waals surface area contributed by atoms with Crippen LogP contribution in [0.3, 0.4) is 0 Å². The van der Waals surface area contributed by atoms with Crippen molar-refractivity contribution < 1.29 is 14.7 Å². The van der Waals surface area contributed by atoms with Crippen LogP contribution >= 0.6 is 0 Å². The molecule has 0 atom stereocenters. The Labute approximate surface area is 227 Å². The number of hydrogen-bond acceptors (Lipinski definition) is 4. The first-order chi connectivity index (χ1) is 17.7. The van der Waals surface area contributed by atoms with Gasteiger partial charge in [0.2, 0.25) is 0 Å². The Balaban J connectivity index is 1.75. The molecule has 3 aromatic rings. The van der Waals surface area contributed by atoms with Crippen LogP contribution in [0.25, 0.3) is 0 Å². The average molecular weight is 515 g/mol. The summed E-state index contributed by atoms with van der Waals surface area (Å²) in [5.74, 6) is -0.590. The SMILES string of the molecule is CCC(C)(C)Nc1ccc(C(C)(C)c2ccc(NC(=O)c3cc(O)cc(C(=O)C(C)(C)CC)c3)cc2)cc1. The van der Waals surface area contributed by atoms with Gasteiger partial charge in [-0.2, -0.15) is 0 Å². The third kappa shape index (κ3) is 6.63. The van der Waals surface area contributed by atoms with Crippen molar-refractivity contribution in [2.24, 2.45) is 5.41 Å². The first kappa shape index (κ1) is 29.0. The predicted molar refractivity (Wildman–Crippen MR) is 157 cm³/mol. The molecule has 0 fully saturated rings. The quantitative estimate of drug-likeness (QED) is 0.238. The van der Waals surface area contributed by atoms with Crippen LogP contribution in [0.1, 0.15) is 100 Å². The molecular weight excluding hydrogens is 472 g/mol. The molecule has 0 saturated heterocycles. The molecule has 0 radical (unpaired) electrons. The predicted octanol–water partition coefficient (Wildman–Crippen LogP) is 8.19. The number of phenolic OH excluding ortho intramolecular Hbond substituents is 1. The van der Waals surface area contributed by atoms with Crippen molar-refractivity contribution in [1.29, 1.82) is 0 Å². The summed E-state index contributed by atoms with van der Waals surface area (Å²) in [6.07, 6.45) is 1.69. The molecule has 0 aliphatic rings. The van der Waals surface area contributed by atoms with E-state index in [1.54, 1.807) is 6.07 Å². The van der Waals surface area contributed by atoms with E-state index in [2.05, 4.69) is 69.5 Å². The second-order valence-electron chi connectivity index (χ2n) is 11.9. The van der Waals surface area contributed by atoms with Crippen LogP contribution in [-0.4, -0.2) is 22.3 Å². The lowest BCUT2D eigenvalue weighted by Crippen LogP contribution is -2.29. The van der Waals surface area contributed by atoms with Crippen LogP contribution in [0.15, 0.2) is 66.7 Å². The van der Waals surface area contributed by atoms with E-state index in [-0.39, 0.29) is 34.0 Å². The minimum absolute atomic E-state index is 0.0407. The maximum absolute atomic E-state index is 13.0. The lowest BCUT2D eigenvalue weighted by atomic mass is 9.78. The van der Waals surface area contributed by atoms with Crippen LogP contribution < -0.4 is 10.6 Å². The van der Waals surface area contributed by atoms with Gasteiger partial charge in [0.15, 0.2) is 5.78 Å². The molecule has 5 heteroatoms. The summed E-state index contributed by atoms with van der Waals surface area (Å²) in [6, 6.07) is 20.7. The number of Topliss-reactive ketones (excluding diaryl/α,β-unsaturated/α-hetero) is 1. The fourth-order valence-electron chi connectivity index (χ4n) is 4.21. The molecule has 0 bridgehead atoms. The number of rotatable bonds is 10. The average Bonchev–Trinajstić information content (AvgIpc) is 2.88. The molecule has 3 aromatic carbocycles. The number of anilines is 2. The fraction of sp³-hybridized carbons (Fsp3) is 0.394. The van der Waals surface area contributed by atoms with E-state index in [1.807, 2.05) is 45.0 Å². The molecule has 38 heavy (non-hydrogen) atoms. The Morgan fingerprint density at radius 2 is 1.21 bits per heavy atom. The van der Waals surface area contributed by atoms with E-state index >= 15 is 0 Å². The highest BCUT2D eigenvalue weighted by Gasteiger charge is 2.28. The zero-order valence-electron chi connectivity index (χ0n) is 24.0. The number of phenols is 1. The molecular formula is C33H42N2O3. The maximum Gasteiger partial charge on any atom is 0.255 e. The van der Waals surface area contributed by atoms with E-state index in [0.717, 1.165) is 17.7 Å². The van der Waals surface area contributed by atoms with Gasteiger partial charge in [-0.15, -0.1) is 0 Å². The highest BCUT2D eigenvalue weighted by molar-refractivity contribution is 6.07. The molecule has 0 aromatic heterocycles. The summed E-state index contributed by atoms with van der Waals surface area (Å²) in [7, 11) is 0. The highest BCUT2D eigenvalue weighted by Crippen LogP contribution is 2.33. The van der Waals surface area contributed by atoms with Crippen molar-refractivity contribution in [3.8, 4) is 5.75 Å². The summed E-state index contributed by atoms with van der Waals surface area (Å²) in [5, 5.41) is 16.6. The van der Waals surface area contributed by atoms with Gasteiger partial charge in [-0.1, -0.05) is 65.8 Å². The summed E-state index contributed by atoms with van der Waals surface area (Å²) >= 11 is 0. The van der Waals surface area contributed by atoms with Gasteiger partial charge in [-0.3, -0.25) is 9.59 Å². The first-order valence-corrected chi connectivity index (χ1v) is 13.4. The lowest BCUT2D eigenvalue weighted by molar-refractivity contribution is 0.0832. The van der Waals surface area contributed by atoms with Gasteiger partial charge >= 0.3 is 0 Å². The van der Waals surface area contributed by atoms with Gasteiger partial charge in [0, 0.05) is 38.9 Å². The van der Waals surface area contributed by atoms with Gasteiger partial charge in [-0.05, 0) is 80.3 Å². The molecule has 0 unspecified atom stereocenters. The summed E-state index contributed by atoms with van der Waals surface area (Å²) < 4.78 is 0. The molecule has 0 saturated carbocycles. The van der Waals surface area contributed by atoms with Crippen molar-refractivity contribution in [3.05, 3.63) is 89.0 Å². The highest BCUT2D eigenvalue weighted by atomic mass is 16.3. The maximum atomic E-state index is 13.0. The molecule has 3 rings (SSSR count). The van der Waals surface area contributed by atoms with Crippen LogP contribution in [0.5, 0.6) is 5.75 Å². The van der Waals surface area contributed by atoms with Crippen molar-refractivity contribution in [1.82, 2.24) is 0 Å². The van der Waals surface area contributed by atoms with Crippen LogP contribution in [0.2, 0.25) is 0 Å². The lowest BCUT2D eigenvalue weighted by Gasteiger charge is -2.28. The molecule has 0 heterocycles. The molecule has 0 aliphatic carbocycles. The standard InChI is InChI=1S/C33H42N2O3/c1-9-31(3,4)29(37)22-19-23(21-28(36)20-22)30(38)34-26-15-11-24(12-16-26)33(7,8)25-13-17-27(18-14-25)35-32(5,6)10-2/h11-21,35-36H,9-10H2,1-8H3,(H,34,38). The minimum Gasteiger partial charge on any atom is -0.508 e. The second kappa shape index (κ2) is 11.0. The number of aromatic hydroxyl groups is 1.